The van der Waals surface area contributed by atoms with Crippen LogP contribution in [0.15, 0.2) is 42.5 Å². The highest BCUT2D eigenvalue weighted by molar-refractivity contribution is 5.86. The lowest BCUT2D eigenvalue weighted by atomic mass is 9.91. The third-order valence-corrected chi connectivity index (χ3v) is 3.24. The first-order valence-corrected chi connectivity index (χ1v) is 6.33. The first-order valence-electron chi connectivity index (χ1n) is 6.33. The van der Waals surface area contributed by atoms with E-state index in [0.29, 0.717) is 6.61 Å². The van der Waals surface area contributed by atoms with E-state index in [4.69, 9.17) is 4.74 Å². The van der Waals surface area contributed by atoms with E-state index >= 15 is 0 Å². The molecule has 2 nitrogen and oxygen atoms in total. The van der Waals surface area contributed by atoms with Crippen LogP contribution in [0.5, 0.6) is 0 Å². The number of hydrogen-bond acceptors (Lipinski definition) is 2. The molecule has 1 unspecified atom stereocenters. The van der Waals surface area contributed by atoms with Gasteiger partial charge in [-0.3, -0.25) is 0 Å². The summed E-state index contributed by atoms with van der Waals surface area (Å²) in [6.07, 6.45) is 2.08. The fourth-order valence-electron chi connectivity index (χ4n) is 2.42. The Kier molecular flexibility index (Phi) is 4.35. The number of ether oxygens (including phenoxy) is 1. The lowest BCUT2D eigenvalue weighted by Crippen LogP contribution is -2.07. The maximum absolute atomic E-state index is 10.3. The molecule has 0 aromatic heterocycles. The Morgan fingerprint density at radius 1 is 1.17 bits per heavy atom. The molecule has 0 aliphatic carbocycles. The standard InChI is InChI=1S/C16H17O2/c1-2-6-14(11-18-12-17)16-10-5-8-13-7-3-4-9-15(13)16/h3-5,7-10,14H,2,6,11H2,1H3. The van der Waals surface area contributed by atoms with Crippen molar-refractivity contribution < 1.29 is 9.53 Å². The van der Waals surface area contributed by atoms with Crippen molar-refractivity contribution in [2.24, 2.45) is 0 Å². The van der Waals surface area contributed by atoms with Gasteiger partial charge in [0, 0.05) is 5.92 Å². The van der Waals surface area contributed by atoms with Crippen molar-refractivity contribution in [3.63, 3.8) is 0 Å². The molecule has 0 fully saturated rings. The Balaban J connectivity index is 2.39. The Hall–Kier alpha value is -1.83. The van der Waals surface area contributed by atoms with E-state index in [2.05, 4.69) is 37.3 Å². The average molecular weight is 241 g/mol. The van der Waals surface area contributed by atoms with Crippen LogP contribution in [0.4, 0.5) is 0 Å². The van der Waals surface area contributed by atoms with Gasteiger partial charge in [0.05, 0.1) is 6.61 Å². The van der Waals surface area contributed by atoms with E-state index in [1.165, 1.54) is 22.8 Å². The largest absolute Gasteiger partial charge is 0.457 e. The first kappa shape index (κ1) is 12.6. The zero-order valence-electron chi connectivity index (χ0n) is 10.6. The van der Waals surface area contributed by atoms with Gasteiger partial charge in [0.1, 0.15) is 0 Å². The van der Waals surface area contributed by atoms with Gasteiger partial charge < -0.3 is 4.74 Å². The van der Waals surface area contributed by atoms with Gasteiger partial charge in [-0.1, -0.05) is 55.8 Å². The Morgan fingerprint density at radius 3 is 2.72 bits per heavy atom. The SMILES string of the molecule is CCCC(CO[C]=O)c1cccc2ccccc12. The second-order valence-electron chi connectivity index (χ2n) is 4.45. The molecule has 0 N–H and O–H groups in total. The second kappa shape index (κ2) is 6.20. The minimum Gasteiger partial charge on any atom is -0.457 e. The highest BCUT2D eigenvalue weighted by atomic mass is 16.5. The molecule has 0 saturated carbocycles. The molecule has 0 aliphatic rings. The third-order valence-electron chi connectivity index (χ3n) is 3.24. The van der Waals surface area contributed by atoms with Crippen molar-refractivity contribution in [1.29, 1.82) is 0 Å². The van der Waals surface area contributed by atoms with E-state index in [1.54, 1.807) is 0 Å². The summed E-state index contributed by atoms with van der Waals surface area (Å²) in [7, 11) is 0. The van der Waals surface area contributed by atoms with Crippen molar-refractivity contribution >= 4 is 17.2 Å². The quantitative estimate of drug-likeness (QED) is 0.768. The molecule has 2 rings (SSSR count). The summed E-state index contributed by atoms with van der Waals surface area (Å²) in [5.41, 5.74) is 1.25. The van der Waals surface area contributed by atoms with Gasteiger partial charge >= 0.3 is 6.47 Å². The lowest BCUT2D eigenvalue weighted by Gasteiger charge is -2.17. The van der Waals surface area contributed by atoms with E-state index in [-0.39, 0.29) is 5.92 Å². The van der Waals surface area contributed by atoms with E-state index in [0.717, 1.165) is 12.8 Å². The molecule has 18 heavy (non-hydrogen) atoms. The number of fused-ring (bicyclic) bond motifs is 1. The molecular formula is C16H17O2. The number of rotatable bonds is 6. The summed E-state index contributed by atoms with van der Waals surface area (Å²) in [4.78, 5) is 10.3. The van der Waals surface area contributed by atoms with Crippen LogP contribution in [0.2, 0.25) is 0 Å². The zero-order chi connectivity index (χ0) is 12.8. The molecule has 1 radical (unpaired) electrons. The summed E-state index contributed by atoms with van der Waals surface area (Å²) in [5.74, 6) is 0.252. The number of carbonyl (C=O) groups excluding carboxylic acids is 1. The zero-order valence-corrected chi connectivity index (χ0v) is 10.6. The van der Waals surface area contributed by atoms with E-state index in [1.807, 2.05) is 12.1 Å². The molecule has 0 spiro atoms. The summed E-state index contributed by atoms with van der Waals surface area (Å²) >= 11 is 0. The molecule has 2 aromatic carbocycles. The van der Waals surface area contributed by atoms with E-state index < -0.39 is 0 Å². The summed E-state index contributed by atoms with van der Waals surface area (Å²) in [6.45, 7) is 4.07. The lowest BCUT2D eigenvalue weighted by molar-refractivity contribution is 0.250. The maximum Gasteiger partial charge on any atom is 0.417 e. The Labute approximate surface area is 108 Å². The van der Waals surface area contributed by atoms with Gasteiger partial charge in [-0.05, 0) is 22.8 Å². The summed E-state index contributed by atoms with van der Waals surface area (Å²) in [5, 5.41) is 2.47. The summed E-state index contributed by atoms with van der Waals surface area (Å²) < 4.78 is 4.85. The van der Waals surface area contributed by atoms with Gasteiger partial charge in [-0.15, -0.1) is 0 Å². The third kappa shape index (κ3) is 2.70. The van der Waals surface area contributed by atoms with Gasteiger partial charge in [0.2, 0.25) is 0 Å². The number of hydrogen-bond donors (Lipinski definition) is 0. The van der Waals surface area contributed by atoms with Crippen LogP contribution in [0.1, 0.15) is 31.2 Å². The predicted molar refractivity (Wildman–Crippen MR) is 73.2 cm³/mol. The van der Waals surface area contributed by atoms with Crippen molar-refractivity contribution in [3.8, 4) is 0 Å². The first-order chi connectivity index (χ1) is 8.86. The monoisotopic (exact) mass is 241 g/mol. The Bertz CT molecular complexity index is 514. The highest BCUT2D eigenvalue weighted by Crippen LogP contribution is 2.28. The maximum atomic E-state index is 10.3. The van der Waals surface area contributed by atoms with Crippen molar-refractivity contribution in [1.82, 2.24) is 0 Å². The van der Waals surface area contributed by atoms with Crippen LogP contribution < -0.4 is 0 Å². The molecule has 0 aliphatic heterocycles. The molecule has 1 atom stereocenters. The molecule has 2 aromatic rings. The molecule has 2 heteroatoms. The van der Waals surface area contributed by atoms with Crippen LogP contribution in [0.25, 0.3) is 10.8 Å². The fraction of sp³-hybridized carbons (Fsp3) is 0.312. The molecular weight excluding hydrogens is 224 g/mol. The Morgan fingerprint density at radius 2 is 1.94 bits per heavy atom. The minimum absolute atomic E-state index is 0.252. The van der Waals surface area contributed by atoms with Crippen LogP contribution in [0, 0.1) is 0 Å². The van der Waals surface area contributed by atoms with Crippen LogP contribution >= 0.6 is 0 Å². The van der Waals surface area contributed by atoms with Gasteiger partial charge in [0.15, 0.2) is 0 Å². The van der Waals surface area contributed by atoms with Gasteiger partial charge in [-0.2, -0.15) is 0 Å². The number of benzene rings is 2. The smallest absolute Gasteiger partial charge is 0.417 e. The molecule has 0 heterocycles. The van der Waals surface area contributed by atoms with Crippen LogP contribution in [-0.4, -0.2) is 13.1 Å². The molecule has 0 bridgehead atoms. The van der Waals surface area contributed by atoms with Gasteiger partial charge in [-0.25, -0.2) is 4.79 Å². The molecule has 93 valence electrons. The fourth-order valence-corrected chi connectivity index (χ4v) is 2.42. The topological polar surface area (TPSA) is 26.3 Å². The normalized spacial score (nSPS) is 12.3. The predicted octanol–water partition coefficient (Wildman–Crippen LogP) is 3.81. The molecule has 0 saturated heterocycles. The van der Waals surface area contributed by atoms with Crippen LogP contribution in [0.3, 0.4) is 0 Å². The highest BCUT2D eigenvalue weighted by Gasteiger charge is 2.14. The average Bonchev–Trinajstić information content (AvgIpc) is 2.43. The van der Waals surface area contributed by atoms with Gasteiger partial charge in [0.25, 0.3) is 0 Å². The summed E-state index contributed by atoms with van der Waals surface area (Å²) in [6, 6.07) is 14.6. The minimum atomic E-state index is 0.252. The van der Waals surface area contributed by atoms with Crippen molar-refractivity contribution in [2.45, 2.75) is 25.7 Å². The van der Waals surface area contributed by atoms with E-state index in [9.17, 15) is 4.79 Å². The van der Waals surface area contributed by atoms with Crippen molar-refractivity contribution in [3.05, 3.63) is 48.0 Å². The van der Waals surface area contributed by atoms with Crippen LogP contribution in [-0.2, 0) is 9.53 Å². The molecule has 0 amide bonds. The second-order valence-corrected chi connectivity index (χ2v) is 4.45. The van der Waals surface area contributed by atoms with Crippen molar-refractivity contribution in [2.75, 3.05) is 6.61 Å².